The summed E-state index contributed by atoms with van der Waals surface area (Å²) in [6.07, 6.45) is 1.55. The molecule has 0 saturated heterocycles. The summed E-state index contributed by atoms with van der Waals surface area (Å²) in [6.45, 7) is 9.79. The van der Waals surface area contributed by atoms with Gasteiger partial charge in [0.1, 0.15) is 11.4 Å². The van der Waals surface area contributed by atoms with Crippen molar-refractivity contribution in [2.45, 2.75) is 59.6 Å². The fourth-order valence-electron chi connectivity index (χ4n) is 3.95. The van der Waals surface area contributed by atoms with Crippen LogP contribution >= 0.6 is 0 Å². The number of rotatable bonds is 11. The Bertz CT molecular complexity index is 1160. The van der Waals surface area contributed by atoms with E-state index in [2.05, 4.69) is 15.0 Å². The number of carbonyl (C=O) groups excluding carboxylic acids is 1. The molecule has 0 bridgehead atoms. The summed E-state index contributed by atoms with van der Waals surface area (Å²) in [5, 5.41) is 7.51. The fraction of sp³-hybridized carbons (Fsp3) is 0.480. The molecule has 8 heteroatoms. The summed E-state index contributed by atoms with van der Waals surface area (Å²) in [4.78, 5) is 25.6. The van der Waals surface area contributed by atoms with E-state index in [1.165, 1.54) is 4.52 Å². The van der Waals surface area contributed by atoms with Crippen LogP contribution < -0.4 is 15.6 Å². The Morgan fingerprint density at radius 1 is 1.24 bits per heavy atom. The maximum absolute atomic E-state index is 13.3. The third-order valence-electron chi connectivity index (χ3n) is 5.65. The molecule has 3 rings (SSSR count). The van der Waals surface area contributed by atoms with Crippen molar-refractivity contribution >= 4 is 11.6 Å². The van der Waals surface area contributed by atoms with Crippen molar-refractivity contribution in [1.29, 1.82) is 0 Å². The molecule has 0 aliphatic carbocycles. The molecule has 8 nitrogen and oxygen atoms in total. The summed E-state index contributed by atoms with van der Waals surface area (Å²) in [6, 6.07) is 9.51. The van der Waals surface area contributed by atoms with Gasteiger partial charge in [0, 0.05) is 49.0 Å². The van der Waals surface area contributed by atoms with E-state index < -0.39 is 0 Å². The third kappa shape index (κ3) is 5.63. The Balaban J connectivity index is 1.82. The van der Waals surface area contributed by atoms with E-state index in [0.29, 0.717) is 43.1 Å². The number of nitrogens with zero attached hydrogens (tertiary/aromatic N) is 3. The van der Waals surface area contributed by atoms with E-state index in [1.807, 2.05) is 58.0 Å². The molecule has 2 aromatic heterocycles. The lowest BCUT2D eigenvalue weighted by molar-refractivity contribution is -0.121. The number of aromatic nitrogens is 3. The average molecular weight is 455 g/mol. The van der Waals surface area contributed by atoms with Crippen molar-refractivity contribution in [2.24, 2.45) is 0 Å². The second kappa shape index (κ2) is 11.1. The van der Waals surface area contributed by atoms with Crippen LogP contribution in [0.25, 0.3) is 16.9 Å². The van der Waals surface area contributed by atoms with Crippen molar-refractivity contribution in [2.75, 3.05) is 20.3 Å². The van der Waals surface area contributed by atoms with Crippen LogP contribution in [0.2, 0.25) is 0 Å². The van der Waals surface area contributed by atoms with Crippen molar-refractivity contribution in [1.82, 2.24) is 19.5 Å². The van der Waals surface area contributed by atoms with Crippen LogP contribution in [-0.2, 0) is 22.5 Å². The molecule has 0 radical (unpaired) electrons. The Morgan fingerprint density at radius 3 is 2.70 bits per heavy atom. The van der Waals surface area contributed by atoms with Crippen LogP contribution in [0.5, 0.6) is 5.75 Å². The molecule has 1 amide bonds. The molecule has 0 fully saturated rings. The molecule has 178 valence electrons. The third-order valence-corrected chi connectivity index (χ3v) is 5.65. The van der Waals surface area contributed by atoms with E-state index in [9.17, 15) is 9.59 Å². The van der Waals surface area contributed by atoms with E-state index in [1.54, 1.807) is 7.11 Å². The maximum Gasteiger partial charge on any atom is 0.277 e. The van der Waals surface area contributed by atoms with Crippen molar-refractivity contribution in [3.8, 4) is 17.0 Å². The van der Waals surface area contributed by atoms with E-state index in [4.69, 9.17) is 9.47 Å². The van der Waals surface area contributed by atoms with E-state index in [0.717, 1.165) is 23.3 Å². The lowest BCUT2D eigenvalue weighted by Crippen LogP contribution is -2.29. The number of benzene rings is 1. The van der Waals surface area contributed by atoms with Gasteiger partial charge in [0.25, 0.3) is 5.56 Å². The molecule has 0 aliphatic rings. The Kier molecular flexibility index (Phi) is 8.27. The summed E-state index contributed by atoms with van der Waals surface area (Å²) in [5.41, 5.74) is 3.50. The lowest BCUT2D eigenvalue weighted by Gasteiger charge is -2.14. The number of methoxy groups -OCH3 is 1. The topological polar surface area (TPSA) is 86.9 Å². The van der Waals surface area contributed by atoms with Gasteiger partial charge in [-0.25, -0.2) is 0 Å². The number of amides is 1. The number of carbonyl (C=O) groups is 1. The highest BCUT2D eigenvalue weighted by Gasteiger charge is 2.18. The number of ether oxygens (including phenoxy) is 2. The minimum Gasteiger partial charge on any atom is -0.496 e. The molecular formula is C25H34N4O4. The largest absolute Gasteiger partial charge is 0.496 e. The quantitative estimate of drug-likeness (QED) is 0.449. The zero-order valence-electron chi connectivity index (χ0n) is 20.2. The number of para-hydroxylation sites is 1. The summed E-state index contributed by atoms with van der Waals surface area (Å²) < 4.78 is 14.5. The highest BCUT2D eigenvalue weighted by Crippen LogP contribution is 2.29. The molecule has 1 aromatic carbocycles. The van der Waals surface area contributed by atoms with Gasteiger partial charge in [0.05, 0.1) is 18.9 Å². The van der Waals surface area contributed by atoms with E-state index >= 15 is 0 Å². The SMILES string of the molecule is CCn1c(C)c(CCC(=O)NCCCOC(C)C)c(=O)n2nc(-c3ccccc3OC)cc12. The Morgan fingerprint density at radius 2 is 2.00 bits per heavy atom. The maximum atomic E-state index is 13.3. The standard InChI is InChI=1S/C25H34N4O4/c1-6-28-18(4)19(12-13-23(30)26-14-9-15-33-17(2)3)25(31)29-24(28)16-21(27-29)20-10-7-8-11-22(20)32-5/h7-8,10-11,16-17H,6,9,12-15H2,1-5H3,(H,26,30). The molecule has 2 heterocycles. The van der Waals surface area contributed by atoms with Crippen LogP contribution in [0.1, 0.15) is 44.9 Å². The number of nitrogens with one attached hydrogen (secondary N) is 1. The van der Waals surface area contributed by atoms with Gasteiger partial charge in [-0.05, 0) is 52.7 Å². The normalized spacial score (nSPS) is 11.3. The molecule has 3 aromatic rings. The van der Waals surface area contributed by atoms with Gasteiger partial charge >= 0.3 is 0 Å². The van der Waals surface area contributed by atoms with Gasteiger partial charge in [-0.1, -0.05) is 12.1 Å². The predicted molar refractivity (Wildman–Crippen MR) is 129 cm³/mol. The lowest BCUT2D eigenvalue weighted by atomic mass is 10.1. The van der Waals surface area contributed by atoms with Gasteiger partial charge in [0.2, 0.25) is 5.91 Å². The molecular weight excluding hydrogens is 420 g/mol. The number of hydrogen-bond acceptors (Lipinski definition) is 5. The average Bonchev–Trinajstić information content (AvgIpc) is 3.24. The first-order valence-electron chi connectivity index (χ1n) is 11.5. The first-order valence-corrected chi connectivity index (χ1v) is 11.5. The minimum atomic E-state index is -0.188. The summed E-state index contributed by atoms with van der Waals surface area (Å²) >= 11 is 0. The predicted octanol–water partition coefficient (Wildman–Crippen LogP) is 3.36. The van der Waals surface area contributed by atoms with Gasteiger partial charge in [-0.15, -0.1) is 0 Å². The second-order valence-corrected chi connectivity index (χ2v) is 8.24. The van der Waals surface area contributed by atoms with Crippen LogP contribution in [0.4, 0.5) is 0 Å². The monoisotopic (exact) mass is 454 g/mol. The molecule has 33 heavy (non-hydrogen) atoms. The number of hydrogen-bond donors (Lipinski definition) is 1. The first kappa shape index (κ1) is 24.5. The molecule has 0 unspecified atom stereocenters. The molecule has 0 atom stereocenters. The van der Waals surface area contributed by atoms with E-state index in [-0.39, 0.29) is 24.0 Å². The number of fused-ring (bicyclic) bond motifs is 1. The van der Waals surface area contributed by atoms with Crippen molar-refractivity contribution in [3.63, 3.8) is 0 Å². The zero-order chi connectivity index (χ0) is 24.0. The molecule has 0 saturated carbocycles. The summed E-state index contributed by atoms with van der Waals surface area (Å²) in [7, 11) is 1.62. The van der Waals surface area contributed by atoms with Crippen molar-refractivity contribution < 1.29 is 14.3 Å². The molecule has 0 aliphatic heterocycles. The van der Waals surface area contributed by atoms with Gasteiger partial charge in [0.15, 0.2) is 0 Å². The highest BCUT2D eigenvalue weighted by atomic mass is 16.5. The van der Waals surface area contributed by atoms with Crippen LogP contribution in [0, 0.1) is 6.92 Å². The van der Waals surface area contributed by atoms with Crippen LogP contribution in [0.15, 0.2) is 35.1 Å². The second-order valence-electron chi connectivity index (χ2n) is 8.24. The minimum absolute atomic E-state index is 0.0725. The number of aryl methyl sites for hydroxylation is 1. The zero-order valence-corrected chi connectivity index (χ0v) is 20.2. The molecule has 1 N–H and O–H groups in total. The van der Waals surface area contributed by atoms with Gasteiger partial charge in [-0.2, -0.15) is 9.61 Å². The van der Waals surface area contributed by atoms with Crippen molar-refractivity contribution in [3.05, 3.63) is 51.9 Å². The Hall–Kier alpha value is -3.13. The van der Waals surface area contributed by atoms with Crippen LogP contribution in [0.3, 0.4) is 0 Å². The summed E-state index contributed by atoms with van der Waals surface area (Å²) in [5.74, 6) is 0.625. The highest BCUT2D eigenvalue weighted by molar-refractivity contribution is 5.76. The first-order chi connectivity index (χ1) is 15.9. The fourth-order valence-corrected chi connectivity index (χ4v) is 3.95. The van der Waals surface area contributed by atoms with Gasteiger partial charge in [-0.3, -0.25) is 9.59 Å². The van der Waals surface area contributed by atoms with Crippen LogP contribution in [-0.4, -0.2) is 46.5 Å². The molecule has 0 spiro atoms. The van der Waals surface area contributed by atoms with Gasteiger partial charge < -0.3 is 19.4 Å². The Labute approximate surface area is 194 Å². The smallest absolute Gasteiger partial charge is 0.277 e.